The van der Waals surface area contributed by atoms with Gasteiger partial charge in [0.05, 0.1) is 17.6 Å². The molecule has 3 aromatic carbocycles. The zero-order valence-corrected chi connectivity index (χ0v) is 22.3. The molecule has 1 aliphatic rings. The average Bonchev–Trinajstić information content (AvgIpc) is 3.20. The Hall–Kier alpha value is -3.62. The quantitative estimate of drug-likeness (QED) is 0.265. The number of carbonyl (C=O) groups excluding carboxylic acids is 2. The predicted molar refractivity (Wildman–Crippen MR) is 151 cm³/mol. The molecule has 0 bridgehead atoms. The van der Waals surface area contributed by atoms with Crippen LogP contribution in [0.5, 0.6) is 11.5 Å². The van der Waals surface area contributed by atoms with E-state index in [0.29, 0.717) is 33.9 Å². The van der Waals surface area contributed by atoms with E-state index >= 15 is 0 Å². The molecule has 0 aromatic heterocycles. The molecule has 1 atom stereocenters. The van der Waals surface area contributed by atoms with Crippen LogP contribution in [0, 0.1) is 0 Å². The number of benzene rings is 3. The SMILES string of the molecule is CCOc1cc(/C=C2\SC(=S)N([C@H](C)c3ccccc3)C2=O)ccc1OCC(=O)NCc1ccccc1. The third kappa shape index (κ3) is 6.78. The van der Waals surface area contributed by atoms with Crippen LogP contribution in [-0.2, 0) is 16.1 Å². The van der Waals surface area contributed by atoms with Crippen molar-refractivity contribution in [3.63, 3.8) is 0 Å². The summed E-state index contributed by atoms with van der Waals surface area (Å²) >= 11 is 6.82. The van der Waals surface area contributed by atoms with Gasteiger partial charge in [-0.25, -0.2) is 0 Å². The van der Waals surface area contributed by atoms with Crippen LogP contribution in [0.3, 0.4) is 0 Å². The fourth-order valence-corrected chi connectivity index (χ4v) is 5.26. The predicted octanol–water partition coefficient (Wildman–Crippen LogP) is 5.74. The molecular formula is C29H28N2O4S2. The lowest BCUT2D eigenvalue weighted by atomic mass is 10.1. The van der Waals surface area contributed by atoms with Crippen LogP contribution < -0.4 is 14.8 Å². The van der Waals surface area contributed by atoms with E-state index in [2.05, 4.69) is 5.32 Å². The molecule has 1 aliphatic heterocycles. The Morgan fingerprint density at radius 1 is 1.03 bits per heavy atom. The zero-order valence-electron chi connectivity index (χ0n) is 20.7. The van der Waals surface area contributed by atoms with E-state index in [9.17, 15) is 9.59 Å². The summed E-state index contributed by atoms with van der Waals surface area (Å²) in [5, 5.41) is 2.84. The van der Waals surface area contributed by atoms with Gasteiger partial charge in [-0.15, -0.1) is 0 Å². The lowest BCUT2D eigenvalue weighted by Gasteiger charge is -2.23. The lowest BCUT2D eigenvalue weighted by molar-refractivity contribution is -0.124. The van der Waals surface area contributed by atoms with Gasteiger partial charge in [-0.2, -0.15) is 0 Å². The minimum Gasteiger partial charge on any atom is -0.490 e. The Kier molecular flexibility index (Phi) is 8.98. The highest BCUT2D eigenvalue weighted by Crippen LogP contribution is 2.39. The Labute approximate surface area is 226 Å². The first-order valence-electron chi connectivity index (χ1n) is 12.0. The van der Waals surface area contributed by atoms with Crippen molar-refractivity contribution >= 4 is 46.2 Å². The summed E-state index contributed by atoms with van der Waals surface area (Å²) < 4.78 is 12.0. The maximum Gasteiger partial charge on any atom is 0.266 e. The normalized spacial score (nSPS) is 15.1. The van der Waals surface area contributed by atoms with Crippen LogP contribution in [0.2, 0.25) is 0 Å². The molecule has 190 valence electrons. The topological polar surface area (TPSA) is 67.9 Å². The minimum absolute atomic E-state index is 0.125. The van der Waals surface area contributed by atoms with Crippen molar-refractivity contribution in [3.8, 4) is 11.5 Å². The van der Waals surface area contributed by atoms with Gasteiger partial charge in [0.15, 0.2) is 18.1 Å². The Morgan fingerprint density at radius 2 is 1.73 bits per heavy atom. The third-order valence-electron chi connectivity index (χ3n) is 5.75. The standard InChI is InChI=1S/C29H28N2O4S2/c1-3-34-25-16-22(14-15-24(25)35-19-27(32)30-18-21-10-6-4-7-11-21)17-26-28(33)31(29(36)37-26)20(2)23-12-8-5-9-13-23/h4-17,20H,3,18-19H2,1-2H3,(H,30,32)/b26-17-/t20-/m1/s1. The molecule has 0 radical (unpaired) electrons. The maximum atomic E-state index is 13.2. The van der Waals surface area contributed by atoms with E-state index in [0.717, 1.165) is 16.7 Å². The van der Waals surface area contributed by atoms with Crippen molar-refractivity contribution in [2.75, 3.05) is 13.2 Å². The van der Waals surface area contributed by atoms with Crippen LogP contribution >= 0.6 is 24.0 Å². The molecule has 8 heteroatoms. The monoisotopic (exact) mass is 532 g/mol. The fraction of sp³-hybridized carbons (Fsp3) is 0.207. The van der Waals surface area contributed by atoms with Gasteiger partial charge in [0, 0.05) is 6.54 Å². The molecule has 37 heavy (non-hydrogen) atoms. The minimum atomic E-state index is -0.230. The highest BCUT2D eigenvalue weighted by atomic mass is 32.2. The molecule has 1 heterocycles. The number of hydrogen-bond donors (Lipinski definition) is 1. The molecule has 0 aliphatic carbocycles. The largest absolute Gasteiger partial charge is 0.490 e. The smallest absolute Gasteiger partial charge is 0.266 e. The Bertz CT molecular complexity index is 1300. The van der Waals surface area contributed by atoms with Gasteiger partial charge in [0.25, 0.3) is 11.8 Å². The van der Waals surface area contributed by atoms with E-state index in [4.69, 9.17) is 21.7 Å². The molecule has 2 amide bonds. The lowest BCUT2D eigenvalue weighted by Crippen LogP contribution is -2.30. The summed E-state index contributed by atoms with van der Waals surface area (Å²) in [6, 6.07) is 24.7. The van der Waals surface area contributed by atoms with Crippen molar-refractivity contribution in [2.45, 2.75) is 26.4 Å². The third-order valence-corrected chi connectivity index (χ3v) is 7.08. The number of thiocarbonyl (C=S) groups is 1. The van der Waals surface area contributed by atoms with Crippen LogP contribution in [0.15, 0.2) is 83.8 Å². The number of hydrogen-bond acceptors (Lipinski definition) is 6. The summed E-state index contributed by atoms with van der Waals surface area (Å²) in [6.07, 6.45) is 1.80. The average molecular weight is 533 g/mol. The van der Waals surface area contributed by atoms with Crippen LogP contribution in [0.25, 0.3) is 6.08 Å². The highest BCUT2D eigenvalue weighted by molar-refractivity contribution is 8.26. The van der Waals surface area contributed by atoms with E-state index < -0.39 is 0 Å². The van der Waals surface area contributed by atoms with E-state index in [1.807, 2.05) is 80.6 Å². The molecular weight excluding hydrogens is 504 g/mol. The van der Waals surface area contributed by atoms with Crippen LogP contribution in [0.1, 0.15) is 36.6 Å². The van der Waals surface area contributed by atoms with Crippen LogP contribution in [0.4, 0.5) is 0 Å². The molecule has 0 unspecified atom stereocenters. The van der Waals surface area contributed by atoms with E-state index in [-0.39, 0.29) is 24.5 Å². The molecule has 1 fully saturated rings. The second-order valence-corrected chi connectivity index (χ2v) is 10.0. The summed E-state index contributed by atoms with van der Waals surface area (Å²) in [7, 11) is 0. The van der Waals surface area contributed by atoms with Crippen LogP contribution in [-0.4, -0.2) is 34.2 Å². The maximum absolute atomic E-state index is 13.2. The van der Waals surface area contributed by atoms with Gasteiger partial charge in [0.2, 0.25) is 0 Å². The Morgan fingerprint density at radius 3 is 2.43 bits per heavy atom. The number of thioether (sulfide) groups is 1. The summed E-state index contributed by atoms with van der Waals surface area (Å²) in [5.41, 5.74) is 2.81. The second-order valence-electron chi connectivity index (χ2n) is 8.33. The molecule has 0 saturated carbocycles. The first kappa shape index (κ1) is 26.4. The second kappa shape index (κ2) is 12.6. The summed E-state index contributed by atoms with van der Waals surface area (Å²) in [5.74, 6) is 0.602. The van der Waals surface area contributed by atoms with Gasteiger partial charge in [-0.05, 0) is 48.7 Å². The van der Waals surface area contributed by atoms with Crippen molar-refractivity contribution in [1.29, 1.82) is 0 Å². The number of ether oxygens (including phenoxy) is 2. The zero-order chi connectivity index (χ0) is 26.2. The first-order chi connectivity index (χ1) is 18.0. The molecule has 3 aromatic rings. The van der Waals surface area contributed by atoms with E-state index in [1.54, 1.807) is 23.1 Å². The fourth-order valence-electron chi connectivity index (χ4n) is 3.84. The Balaban J connectivity index is 1.43. The summed E-state index contributed by atoms with van der Waals surface area (Å²) in [4.78, 5) is 27.7. The van der Waals surface area contributed by atoms with Gasteiger partial charge in [-0.1, -0.05) is 90.7 Å². The van der Waals surface area contributed by atoms with Crippen molar-refractivity contribution in [2.24, 2.45) is 0 Å². The van der Waals surface area contributed by atoms with E-state index in [1.165, 1.54) is 11.8 Å². The number of nitrogens with zero attached hydrogens (tertiary/aromatic N) is 1. The molecule has 6 nitrogen and oxygen atoms in total. The molecule has 1 saturated heterocycles. The van der Waals surface area contributed by atoms with Crippen molar-refractivity contribution in [3.05, 3.63) is 100 Å². The van der Waals surface area contributed by atoms with Gasteiger partial charge >= 0.3 is 0 Å². The molecule has 0 spiro atoms. The van der Waals surface area contributed by atoms with Gasteiger partial charge in [0.1, 0.15) is 4.32 Å². The number of carbonyl (C=O) groups is 2. The summed E-state index contributed by atoms with van der Waals surface area (Å²) in [6.45, 7) is 4.57. The molecule has 1 N–H and O–H groups in total. The molecule has 4 rings (SSSR count). The number of nitrogens with one attached hydrogen (secondary N) is 1. The van der Waals surface area contributed by atoms with Gasteiger partial charge < -0.3 is 14.8 Å². The van der Waals surface area contributed by atoms with Crippen molar-refractivity contribution < 1.29 is 19.1 Å². The highest BCUT2D eigenvalue weighted by Gasteiger charge is 2.35. The first-order valence-corrected chi connectivity index (χ1v) is 13.2. The number of amides is 2. The van der Waals surface area contributed by atoms with Crippen molar-refractivity contribution in [1.82, 2.24) is 10.2 Å². The van der Waals surface area contributed by atoms with Gasteiger partial charge in [-0.3, -0.25) is 14.5 Å². The number of rotatable bonds is 10.